The van der Waals surface area contributed by atoms with Crippen molar-refractivity contribution in [3.63, 3.8) is 0 Å². The highest BCUT2D eigenvalue weighted by atomic mass is 28.4. The predicted octanol–water partition coefficient (Wildman–Crippen LogP) is 2.52. The highest BCUT2D eigenvalue weighted by molar-refractivity contribution is 6.73. The number of carbonyl (C=O) groups is 1. The number of Topliss-reactive ketones (excluding diaryl/α,β-unsaturated/α-hetero) is 1. The van der Waals surface area contributed by atoms with Crippen molar-refractivity contribution in [3.8, 4) is 0 Å². The second-order valence-electron chi connectivity index (χ2n) is 5.74. The maximum absolute atomic E-state index is 12.4. The van der Waals surface area contributed by atoms with Crippen LogP contribution in [0.2, 0.25) is 18.1 Å². The van der Waals surface area contributed by atoms with Crippen LogP contribution < -0.4 is 0 Å². The summed E-state index contributed by atoms with van der Waals surface area (Å²) in [6.45, 7) is 7.18. The Kier molecular flexibility index (Phi) is 4.50. The van der Waals surface area contributed by atoms with Crippen molar-refractivity contribution in [2.45, 2.75) is 69.6 Å². The number of ketones is 1. The first-order valence-corrected chi connectivity index (χ1v) is 9.98. The zero-order valence-corrected chi connectivity index (χ0v) is 13.5. The summed E-state index contributed by atoms with van der Waals surface area (Å²) in [4.78, 5) is 12.4. The molecule has 19 heavy (non-hydrogen) atoms. The van der Waals surface area contributed by atoms with Gasteiger partial charge < -0.3 is 13.9 Å². The van der Waals surface area contributed by atoms with E-state index in [0.29, 0.717) is 6.61 Å². The Morgan fingerprint density at radius 2 is 1.89 bits per heavy atom. The molecule has 2 aliphatic rings. The number of rotatable bonds is 6. The summed E-state index contributed by atoms with van der Waals surface area (Å²) in [6, 6.07) is 3.30. The number of ether oxygens (including phenoxy) is 2. The van der Waals surface area contributed by atoms with Gasteiger partial charge in [-0.15, -0.1) is 0 Å². The molecule has 1 saturated heterocycles. The molecule has 1 spiro atoms. The average Bonchev–Trinajstić information content (AvgIpc) is 3.22. The van der Waals surface area contributed by atoms with Gasteiger partial charge in [0.15, 0.2) is 19.7 Å². The lowest BCUT2D eigenvalue weighted by Crippen LogP contribution is -2.54. The summed E-state index contributed by atoms with van der Waals surface area (Å²) >= 11 is 0. The molecule has 4 nitrogen and oxygen atoms in total. The average molecular weight is 286 g/mol. The van der Waals surface area contributed by atoms with E-state index in [0.717, 1.165) is 31.0 Å². The van der Waals surface area contributed by atoms with Crippen LogP contribution in [0.1, 0.15) is 33.6 Å². The van der Waals surface area contributed by atoms with E-state index in [1.807, 2.05) is 0 Å². The number of hydrogen-bond donors (Lipinski definition) is 0. The summed E-state index contributed by atoms with van der Waals surface area (Å²) < 4.78 is 17.3. The standard InChI is InChI=1S/C14H26O4Si/c1-5-19(6-2,7-3)18-11-8-9-14(10-17-14)13(15)12(11)16-4/h11-12H,5-10H2,1-4H3/t11-,12-,14+/m1/s1. The van der Waals surface area contributed by atoms with Gasteiger partial charge >= 0.3 is 0 Å². The molecule has 0 aromatic carbocycles. The Morgan fingerprint density at radius 1 is 1.32 bits per heavy atom. The van der Waals surface area contributed by atoms with Gasteiger partial charge in [-0.2, -0.15) is 0 Å². The summed E-state index contributed by atoms with van der Waals surface area (Å²) in [5, 5.41) is 0. The first-order valence-electron chi connectivity index (χ1n) is 7.45. The quantitative estimate of drug-likeness (QED) is 0.556. The molecule has 0 aromatic heterocycles. The van der Waals surface area contributed by atoms with E-state index in [9.17, 15) is 4.79 Å². The van der Waals surface area contributed by atoms with Gasteiger partial charge in [0.2, 0.25) is 0 Å². The first-order chi connectivity index (χ1) is 9.06. The Balaban J connectivity index is 2.09. The van der Waals surface area contributed by atoms with E-state index in [1.54, 1.807) is 7.11 Å². The molecule has 0 bridgehead atoms. The van der Waals surface area contributed by atoms with Crippen LogP contribution in [0, 0.1) is 0 Å². The van der Waals surface area contributed by atoms with Gasteiger partial charge in [-0.1, -0.05) is 20.8 Å². The van der Waals surface area contributed by atoms with E-state index in [-0.39, 0.29) is 11.9 Å². The topological polar surface area (TPSA) is 48.1 Å². The SMILES string of the molecule is CC[Si](CC)(CC)O[C@@H]1CC[C@]2(CO2)C(=O)[C@@H]1OC. The maximum atomic E-state index is 12.4. The largest absolute Gasteiger partial charge is 0.411 e. The number of epoxide rings is 1. The Labute approximate surface area is 116 Å². The minimum Gasteiger partial charge on any atom is -0.411 e. The van der Waals surface area contributed by atoms with Crippen LogP contribution in [-0.4, -0.2) is 45.6 Å². The molecule has 1 heterocycles. The van der Waals surface area contributed by atoms with Gasteiger partial charge in [0.05, 0.1) is 12.7 Å². The van der Waals surface area contributed by atoms with Crippen molar-refractivity contribution < 1.29 is 18.7 Å². The molecule has 0 radical (unpaired) electrons. The fraction of sp³-hybridized carbons (Fsp3) is 0.929. The summed E-state index contributed by atoms with van der Waals surface area (Å²) in [7, 11) is -0.0869. The first kappa shape index (κ1) is 15.2. The van der Waals surface area contributed by atoms with Crippen LogP contribution in [0.25, 0.3) is 0 Å². The van der Waals surface area contributed by atoms with Crippen LogP contribution in [-0.2, 0) is 18.7 Å². The fourth-order valence-corrected chi connectivity index (χ4v) is 6.04. The Hall–Kier alpha value is -0.233. The molecule has 1 aliphatic carbocycles. The Bertz CT molecular complexity index is 328. The molecule has 0 N–H and O–H groups in total. The van der Waals surface area contributed by atoms with E-state index in [2.05, 4.69) is 20.8 Å². The molecular formula is C14H26O4Si. The van der Waals surface area contributed by atoms with Gasteiger partial charge in [0.1, 0.15) is 6.10 Å². The van der Waals surface area contributed by atoms with Crippen molar-refractivity contribution in [1.29, 1.82) is 0 Å². The van der Waals surface area contributed by atoms with Crippen molar-refractivity contribution in [3.05, 3.63) is 0 Å². The lowest BCUT2D eigenvalue weighted by atomic mass is 9.84. The zero-order valence-electron chi connectivity index (χ0n) is 12.5. The van der Waals surface area contributed by atoms with Crippen LogP contribution in [0.4, 0.5) is 0 Å². The van der Waals surface area contributed by atoms with E-state index < -0.39 is 20.0 Å². The summed E-state index contributed by atoms with van der Waals surface area (Å²) in [5.41, 5.74) is -0.518. The molecule has 1 aliphatic heterocycles. The lowest BCUT2D eigenvalue weighted by Gasteiger charge is -2.39. The molecule has 2 fully saturated rings. The minimum atomic E-state index is -1.69. The highest BCUT2D eigenvalue weighted by Gasteiger charge is 2.59. The van der Waals surface area contributed by atoms with Gasteiger partial charge in [-0.3, -0.25) is 4.79 Å². The summed E-state index contributed by atoms with van der Waals surface area (Å²) in [5.74, 6) is 0.0949. The zero-order chi connectivity index (χ0) is 14.1. The summed E-state index contributed by atoms with van der Waals surface area (Å²) in [6.07, 6.45) is 1.16. The van der Waals surface area contributed by atoms with E-state index in [4.69, 9.17) is 13.9 Å². The third kappa shape index (κ3) is 2.66. The smallest absolute Gasteiger partial charge is 0.198 e. The normalized spacial score (nSPS) is 34.8. The molecule has 3 atom stereocenters. The van der Waals surface area contributed by atoms with E-state index in [1.165, 1.54) is 0 Å². The maximum Gasteiger partial charge on any atom is 0.198 e. The lowest BCUT2D eigenvalue weighted by molar-refractivity contribution is -0.145. The third-order valence-electron chi connectivity index (χ3n) is 4.96. The fourth-order valence-electron chi connectivity index (χ4n) is 3.15. The number of carbonyl (C=O) groups excluding carboxylic acids is 1. The molecule has 110 valence electrons. The van der Waals surface area contributed by atoms with Gasteiger partial charge in [0.25, 0.3) is 0 Å². The third-order valence-corrected chi connectivity index (χ3v) is 9.63. The van der Waals surface area contributed by atoms with Crippen LogP contribution in [0.3, 0.4) is 0 Å². The Morgan fingerprint density at radius 3 is 2.32 bits per heavy atom. The monoisotopic (exact) mass is 286 g/mol. The number of methoxy groups -OCH3 is 1. The van der Waals surface area contributed by atoms with Crippen LogP contribution in [0.5, 0.6) is 0 Å². The van der Waals surface area contributed by atoms with E-state index >= 15 is 0 Å². The molecule has 5 heteroatoms. The molecule has 0 unspecified atom stereocenters. The highest BCUT2D eigenvalue weighted by Crippen LogP contribution is 2.42. The van der Waals surface area contributed by atoms with Crippen LogP contribution in [0.15, 0.2) is 0 Å². The predicted molar refractivity (Wildman–Crippen MR) is 75.8 cm³/mol. The van der Waals surface area contributed by atoms with Gasteiger partial charge in [-0.05, 0) is 31.0 Å². The van der Waals surface area contributed by atoms with Gasteiger partial charge in [0, 0.05) is 7.11 Å². The van der Waals surface area contributed by atoms with Crippen molar-refractivity contribution in [2.75, 3.05) is 13.7 Å². The minimum absolute atomic E-state index is 0.0705. The second-order valence-corrected chi connectivity index (χ2v) is 10.5. The number of hydrogen-bond acceptors (Lipinski definition) is 4. The molecule has 1 saturated carbocycles. The second kappa shape index (κ2) is 5.64. The van der Waals surface area contributed by atoms with Crippen molar-refractivity contribution in [2.24, 2.45) is 0 Å². The van der Waals surface area contributed by atoms with Gasteiger partial charge in [-0.25, -0.2) is 0 Å². The molecule has 0 aromatic rings. The molecule has 0 amide bonds. The van der Waals surface area contributed by atoms with Crippen LogP contribution >= 0.6 is 0 Å². The molecular weight excluding hydrogens is 260 g/mol. The van der Waals surface area contributed by atoms with Crippen molar-refractivity contribution in [1.82, 2.24) is 0 Å². The molecule has 2 rings (SSSR count). The van der Waals surface area contributed by atoms with Crippen molar-refractivity contribution >= 4 is 14.1 Å².